The van der Waals surface area contributed by atoms with Crippen molar-refractivity contribution in [3.63, 3.8) is 0 Å². The van der Waals surface area contributed by atoms with Crippen LogP contribution in [-0.4, -0.2) is 0 Å². The van der Waals surface area contributed by atoms with E-state index in [1.807, 2.05) is 0 Å². The van der Waals surface area contributed by atoms with E-state index in [-0.39, 0.29) is 0 Å². The smallest absolute Gasteiger partial charge is 0.100 e. The van der Waals surface area contributed by atoms with E-state index in [1.54, 1.807) is 0 Å². The molecular formula is C50H37N. The molecule has 0 aliphatic heterocycles. The van der Waals surface area contributed by atoms with Crippen LogP contribution in [-0.2, 0) is 5.54 Å². The average Bonchev–Trinajstić information content (AvgIpc) is 3.22. The maximum Gasteiger partial charge on any atom is 0.100 e. The summed E-state index contributed by atoms with van der Waals surface area (Å²) in [5, 5.41) is 5.10. The Morgan fingerprint density at radius 2 is 1.00 bits per heavy atom. The molecule has 0 N–H and O–H groups in total. The van der Waals surface area contributed by atoms with Crippen molar-refractivity contribution in [2.45, 2.75) is 12.0 Å². The summed E-state index contributed by atoms with van der Waals surface area (Å²) in [7, 11) is 0. The van der Waals surface area contributed by atoms with Crippen LogP contribution in [0.4, 0.5) is 11.4 Å². The zero-order valence-electron chi connectivity index (χ0n) is 28.4. The summed E-state index contributed by atoms with van der Waals surface area (Å²) in [4.78, 5) is 2.58. The highest BCUT2D eigenvalue weighted by molar-refractivity contribution is 6.08. The molecule has 9 rings (SSSR count). The first-order valence-electron chi connectivity index (χ1n) is 17.7. The number of hydrogen-bond acceptors (Lipinski definition) is 1. The molecule has 1 aliphatic carbocycles. The fraction of sp³-hybridized carbons (Fsp3) is 0.0400. The first-order valence-corrected chi connectivity index (χ1v) is 17.7. The molecule has 1 unspecified atom stereocenters. The van der Waals surface area contributed by atoms with E-state index in [1.165, 1.54) is 60.5 Å². The monoisotopic (exact) mass is 651 g/mol. The van der Waals surface area contributed by atoms with E-state index in [0.29, 0.717) is 0 Å². The van der Waals surface area contributed by atoms with Crippen LogP contribution in [0.1, 0.15) is 17.5 Å². The zero-order valence-corrected chi connectivity index (χ0v) is 28.4. The summed E-state index contributed by atoms with van der Waals surface area (Å²) in [5.41, 5.74) is 10.3. The maximum absolute atomic E-state index is 2.58. The Kier molecular flexibility index (Phi) is 7.87. The SMILES string of the molecule is C1=CCC(c2ccccc2-c2ccccc2)(N(c2ccccc2)c2ccc(-c3ccc4c(ccc5ccccc54)c3)cc2)C(c2ccccc2)=C1. The van der Waals surface area contributed by atoms with E-state index in [9.17, 15) is 0 Å². The fourth-order valence-corrected chi connectivity index (χ4v) is 8.07. The Hall–Kier alpha value is -6.44. The van der Waals surface area contributed by atoms with Crippen LogP contribution >= 0.6 is 0 Å². The second kappa shape index (κ2) is 13.1. The van der Waals surface area contributed by atoms with E-state index < -0.39 is 5.54 Å². The normalized spacial score (nSPS) is 15.5. The molecule has 0 bridgehead atoms. The summed E-state index contributed by atoms with van der Waals surface area (Å²) >= 11 is 0. The number of para-hydroxylation sites is 1. The molecule has 0 radical (unpaired) electrons. The van der Waals surface area contributed by atoms with Gasteiger partial charge < -0.3 is 4.90 Å². The topological polar surface area (TPSA) is 3.24 Å². The lowest BCUT2D eigenvalue weighted by Crippen LogP contribution is -2.45. The third-order valence-corrected chi connectivity index (χ3v) is 10.4. The fourth-order valence-electron chi connectivity index (χ4n) is 8.07. The Bertz CT molecular complexity index is 2530. The van der Waals surface area contributed by atoms with Crippen LogP contribution < -0.4 is 4.90 Å². The predicted molar refractivity (Wildman–Crippen MR) is 217 cm³/mol. The standard InChI is InChI=1S/C50H37N/c1-4-16-38(17-5-1)47-24-12-13-26-49(47)50(35-15-14-25-48(50)40-19-6-2-7-20-40)51(43-21-8-3-9-22-43)44-32-29-37(30-33-44)41-31-34-46-42(36-41)28-27-39-18-10-11-23-45(39)46/h1-34,36H,35H2. The van der Waals surface area contributed by atoms with Crippen molar-refractivity contribution >= 4 is 38.5 Å². The molecule has 242 valence electrons. The number of hydrogen-bond donors (Lipinski definition) is 0. The molecule has 1 atom stereocenters. The summed E-state index contributed by atoms with van der Waals surface area (Å²) in [5.74, 6) is 0. The van der Waals surface area contributed by atoms with Gasteiger partial charge in [-0.1, -0.05) is 182 Å². The van der Waals surface area contributed by atoms with Crippen LogP contribution in [0, 0.1) is 0 Å². The first-order chi connectivity index (χ1) is 25.3. The van der Waals surface area contributed by atoms with E-state index in [2.05, 4.69) is 217 Å². The quantitative estimate of drug-likeness (QED) is 0.155. The molecular weight excluding hydrogens is 615 g/mol. The van der Waals surface area contributed by atoms with Crippen molar-refractivity contribution in [1.82, 2.24) is 0 Å². The number of anilines is 2. The van der Waals surface area contributed by atoms with E-state index >= 15 is 0 Å². The second-order valence-electron chi connectivity index (χ2n) is 13.3. The average molecular weight is 652 g/mol. The number of allylic oxidation sites excluding steroid dienone is 2. The van der Waals surface area contributed by atoms with Gasteiger partial charge in [0.15, 0.2) is 0 Å². The lowest BCUT2D eigenvalue weighted by atomic mass is 9.70. The Balaban J connectivity index is 1.24. The van der Waals surface area contributed by atoms with Crippen molar-refractivity contribution in [2.24, 2.45) is 0 Å². The molecule has 0 aromatic heterocycles. The van der Waals surface area contributed by atoms with Crippen LogP contribution in [0.2, 0.25) is 0 Å². The Labute approximate surface area is 300 Å². The summed E-state index contributed by atoms with van der Waals surface area (Å²) in [6.45, 7) is 0. The minimum atomic E-state index is -0.560. The highest BCUT2D eigenvalue weighted by atomic mass is 15.2. The lowest BCUT2D eigenvalue weighted by Gasteiger charge is -2.49. The third-order valence-electron chi connectivity index (χ3n) is 10.4. The molecule has 0 amide bonds. The molecule has 0 spiro atoms. The van der Waals surface area contributed by atoms with Gasteiger partial charge in [0.1, 0.15) is 5.54 Å². The first kappa shape index (κ1) is 30.6. The number of benzene rings is 8. The molecule has 51 heavy (non-hydrogen) atoms. The second-order valence-corrected chi connectivity index (χ2v) is 13.3. The largest absolute Gasteiger partial charge is 0.327 e. The summed E-state index contributed by atoms with van der Waals surface area (Å²) < 4.78 is 0. The summed E-state index contributed by atoms with van der Waals surface area (Å²) in [6, 6.07) is 70.7. The molecule has 0 saturated carbocycles. The van der Waals surface area contributed by atoms with Gasteiger partial charge in [0.2, 0.25) is 0 Å². The van der Waals surface area contributed by atoms with Gasteiger partial charge in [-0.3, -0.25) is 0 Å². The molecule has 0 heterocycles. The van der Waals surface area contributed by atoms with Crippen molar-refractivity contribution in [1.29, 1.82) is 0 Å². The van der Waals surface area contributed by atoms with Crippen molar-refractivity contribution < 1.29 is 0 Å². The number of rotatable bonds is 7. The van der Waals surface area contributed by atoms with Crippen LogP contribution in [0.25, 0.3) is 49.4 Å². The summed E-state index contributed by atoms with van der Waals surface area (Å²) in [6.07, 6.45) is 7.68. The molecule has 8 aromatic rings. The maximum atomic E-state index is 2.58. The molecule has 1 heteroatoms. The molecule has 0 saturated heterocycles. The van der Waals surface area contributed by atoms with Crippen LogP contribution in [0.15, 0.2) is 212 Å². The van der Waals surface area contributed by atoms with E-state index in [4.69, 9.17) is 0 Å². The molecule has 1 aliphatic rings. The van der Waals surface area contributed by atoms with Gasteiger partial charge in [-0.15, -0.1) is 0 Å². The minimum Gasteiger partial charge on any atom is -0.327 e. The van der Waals surface area contributed by atoms with Gasteiger partial charge in [0, 0.05) is 11.4 Å². The van der Waals surface area contributed by atoms with Crippen LogP contribution in [0.3, 0.4) is 0 Å². The highest BCUT2D eigenvalue weighted by Gasteiger charge is 2.45. The Morgan fingerprint density at radius 1 is 0.412 bits per heavy atom. The molecule has 0 fully saturated rings. The van der Waals surface area contributed by atoms with Crippen molar-refractivity contribution in [3.8, 4) is 22.3 Å². The number of fused-ring (bicyclic) bond motifs is 3. The van der Waals surface area contributed by atoms with E-state index in [0.717, 1.165) is 17.8 Å². The molecule has 1 nitrogen and oxygen atoms in total. The van der Waals surface area contributed by atoms with Crippen molar-refractivity contribution in [2.75, 3.05) is 4.90 Å². The van der Waals surface area contributed by atoms with Gasteiger partial charge in [0.25, 0.3) is 0 Å². The lowest BCUT2D eigenvalue weighted by molar-refractivity contribution is 0.568. The minimum absolute atomic E-state index is 0.560. The van der Waals surface area contributed by atoms with Crippen LogP contribution in [0.5, 0.6) is 0 Å². The van der Waals surface area contributed by atoms with Gasteiger partial charge >= 0.3 is 0 Å². The van der Waals surface area contributed by atoms with Gasteiger partial charge in [-0.25, -0.2) is 0 Å². The third kappa shape index (κ3) is 5.44. The highest BCUT2D eigenvalue weighted by Crippen LogP contribution is 2.54. The predicted octanol–water partition coefficient (Wildman–Crippen LogP) is 13.4. The molecule has 8 aromatic carbocycles. The number of nitrogens with zero attached hydrogens (tertiary/aromatic N) is 1. The van der Waals surface area contributed by atoms with Gasteiger partial charge in [0.05, 0.1) is 0 Å². The Morgan fingerprint density at radius 3 is 1.78 bits per heavy atom. The van der Waals surface area contributed by atoms with Gasteiger partial charge in [-0.05, 0) is 97.3 Å². The van der Waals surface area contributed by atoms with Crippen molar-refractivity contribution in [3.05, 3.63) is 223 Å². The van der Waals surface area contributed by atoms with Gasteiger partial charge in [-0.2, -0.15) is 0 Å². The zero-order chi connectivity index (χ0) is 34.0.